The number of hydrogen-bond acceptors (Lipinski definition) is 12. The van der Waals surface area contributed by atoms with Crippen molar-refractivity contribution >= 4 is 32.3 Å². The van der Waals surface area contributed by atoms with Crippen molar-refractivity contribution in [1.82, 2.24) is 14.6 Å². The zero-order chi connectivity index (χ0) is 51.9. The van der Waals surface area contributed by atoms with Crippen molar-refractivity contribution < 1.29 is 28.1 Å². The summed E-state index contributed by atoms with van der Waals surface area (Å²) in [5.41, 5.74) is 4.06. The highest BCUT2D eigenvalue weighted by Gasteiger charge is 2.45. The Balaban J connectivity index is 1.20. The smallest absolute Gasteiger partial charge is 0.259 e. The molecule has 7 aromatic rings. The molecule has 0 saturated heterocycles. The lowest BCUT2D eigenvalue weighted by Crippen LogP contribution is -2.38. The number of benzene rings is 6. The van der Waals surface area contributed by atoms with E-state index in [0.717, 1.165) is 44.9 Å². The van der Waals surface area contributed by atoms with Crippen LogP contribution in [0.1, 0.15) is 80.3 Å². The van der Waals surface area contributed by atoms with E-state index in [4.69, 9.17) is 33.2 Å². The highest BCUT2D eigenvalue weighted by molar-refractivity contribution is 7.44. The molecule has 14 heteroatoms. The van der Waals surface area contributed by atoms with Crippen molar-refractivity contribution in [3.8, 4) is 17.6 Å². The van der Waals surface area contributed by atoms with Crippen molar-refractivity contribution in [3.63, 3.8) is 0 Å². The highest BCUT2D eigenvalue weighted by atomic mass is 31.2. The summed E-state index contributed by atoms with van der Waals surface area (Å²) in [6.45, 7) is 9.03. The first-order valence-electron chi connectivity index (χ1n) is 25.1. The van der Waals surface area contributed by atoms with Crippen molar-refractivity contribution in [1.29, 1.82) is 5.26 Å². The molecule has 0 aliphatic heterocycles. The van der Waals surface area contributed by atoms with Gasteiger partial charge in [0.1, 0.15) is 34.7 Å². The maximum absolute atomic E-state index is 12.7. The maximum Gasteiger partial charge on any atom is 0.259 e. The summed E-state index contributed by atoms with van der Waals surface area (Å²) in [4.78, 5) is 22.3. The molecule has 1 saturated carbocycles. The van der Waals surface area contributed by atoms with Gasteiger partial charge in [0.25, 0.3) is 8.53 Å². The van der Waals surface area contributed by atoms with E-state index in [9.17, 15) is 10.1 Å². The Morgan fingerprint density at radius 1 is 0.676 bits per heavy atom. The van der Waals surface area contributed by atoms with Gasteiger partial charge in [-0.25, -0.2) is 14.6 Å². The number of hydrogen-bond donors (Lipinski definition) is 3. The molecule has 1 fully saturated rings. The number of carbonyl (C=O) groups is 1. The first-order chi connectivity index (χ1) is 36.1. The number of nitrogens with zero attached hydrogens (tertiary/aromatic N) is 4. The molecule has 0 spiro atoms. The Kier molecular flexibility index (Phi) is 18.1. The second kappa shape index (κ2) is 25.2. The van der Waals surface area contributed by atoms with Crippen molar-refractivity contribution in [2.45, 2.75) is 82.3 Å². The fourth-order valence-electron chi connectivity index (χ4n) is 10.2. The molecule has 6 aromatic carbocycles. The summed E-state index contributed by atoms with van der Waals surface area (Å²) >= 11 is 0. The van der Waals surface area contributed by atoms with Gasteiger partial charge in [0.05, 0.1) is 46.0 Å². The third-order valence-corrected chi connectivity index (χ3v) is 15.7. The van der Waals surface area contributed by atoms with E-state index in [1.54, 1.807) is 14.2 Å². The fourth-order valence-corrected chi connectivity index (χ4v) is 12.0. The predicted octanol–water partition coefficient (Wildman–Crippen LogP) is 12.3. The Bertz CT molecular complexity index is 2720. The summed E-state index contributed by atoms with van der Waals surface area (Å²) in [7, 11) is 1.68. The number of nitrogens with one attached hydrogen (secondary N) is 3. The quantitative estimate of drug-likeness (QED) is 0.0216. The third kappa shape index (κ3) is 11.8. The molecule has 0 bridgehead atoms. The monoisotopic (exact) mass is 1010 g/mol. The van der Waals surface area contributed by atoms with Crippen LogP contribution in [0.15, 0.2) is 176 Å². The first-order valence-corrected chi connectivity index (χ1v) is 26.3. The molecule has 13 nitrogen and oxygen atoms in total. The number of carbonyl (C=O) groups excluding carboxylic acids is 1. The molecule has 1 heterocycles. The van der Waals surface area contributed by atoms with Crippen molar-refractivity contribution in [2.24, 2.45) is 5.92 Å². The van der Waals surface area contributed by atoms with Gasteiger partial charge in [0, 0.05) is 24.0 Å². The van der Waals surface area contributed by atoms with Crippen LogP contribution >= 0.6 is 8.53 Å². The molecular weight excluding hydrogens is 946 g/mol. The molecule has 1 aromatic heterocycles. The molecule has 1 amide bonds. The fraction of sp³-hybridized carbons (Fsp3) is 0.300. The highest BCUT2D eigenvalue weighted by Crippen LogP contribution is 2.52. The second-order valence-corrected chi connectivity index (χ2v) is 20.2. The molecule has 74 heavy (non-hydrogen) atoms. The molecule has 1 unspecified atom stereocenters. The molecule has 0 radical (unpaired) electrons. The van der Waals surface area contributed by atoms with Crippen molar-refractivity contribution in [2.75, 3.05) is 43.4 Å². The van der Waals surface area contributed by atoms with Crippen LogP contribution in [0.3, 0.4) is 0 Å². The number of methoxy groups -OCH3 is 2. The first kappa shape index (κ1) is 53.1. The summed E-state index contributed by atoms with van der Waals surface area (Å²) < 4.78 is 34.9. The minimum absolute atomic E-state index is 0.0859. The van der Waals surface area contributed by atoms with Gasteiger partial charge in [0.15, 0.2) is 11.6 Å². The summed E-state index contributed by atoms with van der Waals surface area (Å²) in [5, 5.41) is 20.2. The van der Waals surface area contributed by atoms with Gasteiger partial charge >= 0.3 is 0 Å². The predicted molar refractivity (Wildman–Crippen MR) is 293 cm³/mol. The van der Waals surface area contributed by atoms with Crippen LogP contribution in [0, 0.1) is 17.2 Å². The number of anilines is 3. The summed E-state index contributed by atoms with van der Waals surface area (Å²) in [6.07, 6.45) is 3.15. The van der Waals surface area contributed by atoms with E-state index in [2.05, 4.69) is 127 Å². The van der Waals surface area contributed by atoms with E-state index < -0.39 is 19.7 Å². The molecule has 1 aliphatic carbocycles. The topological polar surface area (TPSA) is 152 Å². The second-order valence-electron chi connectivity index (χ2n) is 18.8. The third-order valence-electron chi connectivity index (χ3n) is 13.5. The van der Waals surface area contributed by atoms with Crippen LogP contribution in [0.5, 0.6) is 11.5 Å². The lowest BCUT2D eigenvalue weighted by atomic mass is 9.77. The number of aromatic nitrogens is 2. The van der Waals surface area contributed by atoms with Crippen LogP contribution in [-0.2, 0) is 29.7 Å². The SMILES string of the molecule is COc1ccc(C(OC[C@H]2C[C@@H](Nc3ncnc(NC(c4ccccc4)(c4ccccc4)c4ccccc4)c3NC=O)C[C@@H]2OP(OCCC#N)N(C(C)C)C(C)C)(c2ccccc2)c2ccc(OC)cc2)cc1. The van der Waals surface area contributed by atoms with Gasteiger partial charge in [-0.15, -0.1) is 0 Å². The van der Waals surface area contributed by atoms with Gasteiger partial charge in [-0.05, 0) is 98.2 Å². The van der Waals surface area contributed by atoms with E-state index in [0.29, 0.717) is 36.6 Å². The molecule has 3 N–H and O–H groups in total. The van der Waals surface area contributed by atoms with E-state index >= 15 is 0 Å². The summed E-state index contributed by atoms with van der Waals surface area (Å²) in [6, 6.07) is 59.2. The zero-order valence-corrected chi connectivity index (χ0v) is 43.8. The number of rotatable bonds is 25. The van der Waals surface area contributed by atoms with Gasteiger partial charge in [-0.2, -0.15) is 5.26 Å². The molecular formula is C60H66N7O6P. The Labute approximate surface area is 437 Å². The van der Waals surface area contributed by atoms with E-state index in [-0.39, 0.29) is 49.8 Å². The van der Waals surface area contributed by atoms with Gasteiger partial charge in [-0.3, -0.25) is 4.79 Å². The van der Waals surface area contributed by atoms with Crippen LogP contribution < -0.4 is 25.4 Å². The average Bonchev–Trinajstić information content (AvgIpc) is 3.82. The standard InChI is InChI=1S/C60H66N7O6P/c1-43(2)67(44(3)4)74(72-37-19-36-61)73-55-39-52(38-45(55)40-71-60(49-26-17-10-18-27-49,50-28-32-53(69-5)33-29-50)51-30-34-54(70-6)35-31-51)65-57-56(64-42-68)58(63-41-62-57)66-59(46-20-11-7-12-21-46,47-22-13-8-14-23-47)48-24-15-9-16-25-48/h7-18,20-35,41-45,52,55H,19,37-40H2,1-6H3,(H,64,68)(H2,62,63,65,66)/t45-,52-,55+,74?/m1/s1. The van der Waals surface area contributed by atoms with Gasteiger partial charge in [-0.1, -0.05) is 146 Å². The van der Waals surface area contributed by atoms with Crippen LogP contribution in [0.4, 0.5) is 17.3 Å². The van der Waals surface area contributed by atoms with Crippen LogP contribution in [0.25, 0.3) is 0 Å². The molecule has 4 atom stereocenters. The lowest BCUT2D eigenvalue weighted by Gasteiger charge is -2.39. The Morgan fingerprint density at radius 3 is 1.61 bits per heavy atom. The maximum atomic E-state index is 12.7. The minimum atomic E-state index is -1.63. The molecule has 8 rings (SSSR count). The van der Waals surface area contributed by atoms with Crippen LogP contribution in [0.2, 0.25) is 0 Å². The van der Waals surface area contributed by atoms with E-state index in [1.807, 2.05) is 97.1 Å². The van der Waals surface area contributed by atoms with Crippen LogP contribution in [-0.4, -0.2) is 72.7 Å². The number of amides is 1. The largest absolute Gasteiger partial charge is 0.497 e. The Morgan fingerprint density at radius 2 is 1.15 bits per heavy atom. The Hall–Kier alpha value is -7.17. The lowest BCUT2D eigenvalue weighted by molar-refractivity contribution is -0.105. The molecule has 382 valence electrons. The number of nitriles is 1. The average molecular weight is 1010 g/mol. The minimum Gasteiger partial charge on any atom is -0.497 e. The van der Waals surface area contributed by atoms with Crippen molar-refractivity contribution in [3.05, 3.63) is 210 Å². The molecule has 1 aliphatic rings. The summed E-state index contributed by atoms with van der Waals surface area (Å²) in [5.74, 6) is 2.12. The van der Waals surface area contributed by atoms with Gasteiger partial charge in [0.2, 0.25) is 6.41 Å². The number of ether oxygens (including phenoxy) is 3. The van der Waals surface area contributed by atoms with E-state index in [1.165, 1.54) is 6.33 Å². The normalized spacial score (nSPS) is 16.1. The zero-order valence-electron chi connectivity index (χ0n) is 42.9. The van der Waals surface area contributed by atoms with Gasteiger partial charge < -0.3 is 39.2 Å².